The number of halogens is 1. The Kier molecular flexibility index (Phi) is 5.83. The summed E-state index contributed by atoms with van der Waals surface area (Å²) >= 11 is 0. The molecule has 1 unspecified atom stereocenters. The van der Waals surface area contributed by atoms with Crippen LogP contribution in [0.1, 0.15) is 49.4 Å². The fourth-order valence-corrected chi connectivity index (χ4v) is 3.08. The van der Waals surface area contributed by atoms with E-state index in [-0.39, 0.29) is 11.3 Å². The number of nitrogens with zero attached hydrogens (tertiary/aromatic N) is 2. The second-order valence-corrected chi connectivity index (χ2v) is 6.45. The zero-order valence-electron chi connectivity index (χ0n) is 16.3. The third-order valence-electron chi connectivity index (χ3n) is 4.93. The van der Waals surface area contributed by atoms with Gasteiger partial charge in [0.15, 0.2) is 5.78 Å². The minimum absolute atomic E-state index is 0.284. The van der Waals surface area contributed by atoms with E-state index in [9.17, 15) is 18.8 Å². The Morgan fingerprint density at radius 2 is 1.70 bits per heavy atom. The van der Waals surface area contributed by atoms with E-state index in [1.54, 1.807) is 32.4 Å². The van der Waals surface area contributed by atoms with Crippen LogP contribution in [-0.4, -0.2) is 47.3 Å². The van der Waals surface area contributed by atoms with Gasteiger partial charge in [-0.2, -0.15) is 0 Å². The third-order valence-corrected chi connectivity index (χ3v) is 4.93. The Morgan fingerprint density at radius 1 is 1.15 bits per heavy atom. The van der Waals surface area contributed by atoms with Crippen molar-refractivity contribution in [2.75, 3.05) is 14.2 Å². The molecule has 2 aromatic rings. The van der Waals surface area contributed by atoms with Crippen molar-refractivity contribution in [1.29, 1.82) is 0 Å². The van der Waals surface area contributed by atoms with Crippen molar-refractivity contribution in [2.24, 2.45) is 7.05 Å². The molecule has 1 atom stereocenters. The normalized spacial score (nSPS) is 11.8. The summed E-state index contributed by atoms with van der Waals surface area (Å²) in [5, 5.41) is 0. The van der Waals surface area contributed by atoms with Crippen LogP contribution in [0.3, 0.4) is 0 Å². The number of carbonyl (C=O) groups is 3. The molecule has 1 heterocycles. The summed E-state index contributed by atoms with van der Waals surface area (Å²) in [6.07, 6.45) is 0. The second kappa shape index (κ2) is 7.73. The van der Waals surface area contributed by atoms with Gasteiger partial charge in [-0.3, -0.25) is 9.59 Å². The molecular formula is C20H23FN2O4. The number of rotatable bonds is 5. The van der Waals surface area contributed by atoms with Gasteiger partial charge in [0.25, 0.3) is 5.91 Å². The Hall–Kier alpha value is -2.96. The average Bonchev–Trinajstić information content (AvgIpc) is 2.88. The third kappa shape index (κ3) is 3.63. The monoisotopic (exact) mass is 374 g/mol. The van der Waals surface area contributed by atoms with Gasteiger partial charge in [0, 0.05) is 30.9 Å². The number of hydrogen-bond acceptors (Lipinski definition) is 4. The minimum Gasteiger partial charge on any atom is -0.464 e. The SMILES string of the molecule is COC(=O)c1c(C)c(C(=O)C(C)N(C)C(=O)c2ccc(F)cc2)c(C)n1C. The van der Waals surface area contributed by atoms with Crippen molar-refractivity contribution in [2.45, 2.75) is 26.8 Å². The lowest BCUT2D eigenvalue weighted by Crippen LogP contribution is -2.40. The van der Waals surface area contributed by atoms with Crippen LogP contribution in [0.4, 0.5) is 4.39 Å². The van der Waals surface area contributed by atoms with Crippen molar-refractivity contribution in [3.63, 3.8) is 0 Å². The van der Waals surface area contributed by atoms with Gasteiger partial charge in [0.05, 0.1) is 13.2 Å². The Balaban J connectivity index is 2.36. The first-order valence-electron chi connectivity index (χ1n) is 8.42. The van der Waals surface area contributed by atoms with Gasteiger partial charge in [-0.05, 0) is 50.6 Å². The number of methoxy groups -OCH3 is 1. The van der Waals surface area contributed by atoms with E-state index in [2.05, 4.69) is 0 Å². The van der Waals surface area contributed by atoms with E-state index in [0.717, 1.165) is 0 Å². The maximum absolute atomic E-state index is 13.1. The van der Waals surface area contributed by atoms with Crippen LogP contribution in [0.25, 0.3) is 0 Å². The summed E-state index contributed by atoms with van der Waals surface area (Å²) in [6, 6.07) is 4.37. The molecule has 2 rings (SSSR count). The summed E-state index contributed by atoms with van der Waals surface area (Å²) in [7, 11) is 4.48. The molecule has 0 aliphatic carbocycles. The molecule has 7 heteroatoms. The molecule has 0 aliphatic heterocycles. The molecule has 1 aromatic heterocycles. The first kappa shape index (κ1) is 20.4. The average molecular weight is 374 g/mol. The molecule has 0 bridgehead atoms. The fraction of sp³-hybridized carbons (Fsp3) is 0.350. The predicted octanol–water partition coefficient (Wildman–Crippen LogP) is 2.91. The molecular weight excluding hydrogens is 351 g/mol. The summed E-state index contributed by atoms with van der Waals surface area (Å²) in [4.78, 5) is 39.0. The van der Waals surface area contributed by atoms with Crippen molar-refractivity contribution in [3.8, 4) is 0 Å². The molecule has 1 amide bonds. The van der Waals surface area contributed by atoms with Crippen molar-refractivity contribution >= 4 is 17.7 Å². The van der Waals surface area contributed by atoms with Crippen LogP contribution in [0.5, 0.6) is 0 Å². The molecule has 1 aromatic carbocycles. The number of Topliss-reactive ketones (excluding diaryl/α,β-unsaturated/α-hetero) is 1. The number of esters is 1. The summed E-state index contributed by atoms with van der Waals surface area (Å²) < 4.78 is 19.5. The predicted molar refractivity (Wildman–Crippen MR) is 98.5 cm³/mol. The molecule has 0 spiro atoms. The molecule has 0 radical (unpaired) electrons. The Morgan fingerprint density at radius 3 is 2.22 bits per heavy atom. The number of aromatic nitrogens is 1. The maximum atomic E-state index is 13.1. The van der Waals surface area contributed by atoms with Crippen LogP contribution in [0, 0.1) is 19.7 Å². The lowest BCUT2D eigenvalue weighted by Gasteiger charge is -2.24. The number of benzene rings is 1. The molecule has 0 fully saturated rings. The zero-order valence-corrected chi connectivity index (χ0v) is 16.3. The standard InChI is InChI=1S/C20H23FN2O4/c1-11-16(12(2)22(4)17(11)20(26)27-6)18(24)13(3)23(5)19(25)14-7-9-15(21)10-8-14/h7-10,13H,1-6H3. The molecule has 0 N–H and O–H groups in total. The van der Waals surface area contributed by atoms with Crippen LogP contribution in [-0.2, 0) is 11.8 Å². The molecule has 144 valence electrons. The first-order chi connectivity index (χ1) is 12.6. The molecule has 27 heavy (non-hydrogen) atoms. The van der Waals surface area contributed by atoms with Gasteiger partial charge in [-0.1, -0.05) is 0 Å². The van der Waals surface area contributed by atoms with Gasteiger partial charge in [-0.25, -0.2) is 9.18 Å². The molecule has 0 saturated heterocycles. The summed E-state index contributed by atoms with van der Waals surface area (Å²) in [5.41, 5.74) is 2.12. The number of ketones is 1. The lowest BCUT2D eigenvalue weighted by molar-refractivity contribution is 0.0588. The summed E-state index contributed by atoms with van der Waals surface area (Å²) in [6.45, 7) is 5.04. The second-order valence-electron chi connectivity index (χ2n) is 6.45. The van der Waals surface area contributed by atoms with Crippen molar-refractivity contribution < 1.29 is 23.5 Å². The smallest absolute Gasteiger partial charge is 0.354 e. The van der Waals surface area contributed by atoms with E-state index in [1.165, 1.54) is 43.3 Å². The van der Waals surface area contributed by atoms with Crippen LogP contribution >= 0.6 is 0 Å². The minimum atomic E-state index is -0.771. The van der Waals surface area contributed by atoms with Crippen molar-refractivity contribution in [1.82, 2.24) is 9.47 Å². The fourth-order valence-electron chi connectivity index (χ4n) is 3.08. The van der Waals surface area contributed by atoms with E-state index >= 15 is 0 Å². The number of hydrogen-bond donors (Lipinski definition) is 0. The van der Waals surface area contributed by atoms with E-state index in [4.69, 9.17) is 4.74 Å². The van der Waals surface area contributed by atoms with Gasteiger partial charge in [-0.15, -0.1) is 0 Å². The highest BCUT2D eigenvalue weighted by molar-refractivity contribution is 6.07. The van der Waals surface area contributed by atoms with E-state index in [0.29, 0.717) is 22.5 Å². The van der Waals surface area contributed by atoms with Crippen molar-refractivity contribution in [3.05, 3.63) is 58.2 Å². The number of amides is 1. The topological polar surface area (TPSA) is 68.6 Å². The highest BCUT2D eigenvalue weighted by Crippen LogP contribution is 2.24. The largest absolute Gasteiger partial charge is 0.464 e. The number of carbonyl (C=O) groups excluding carboxylic acids is 3. The summed E-state index contributed by atoms with van der Waals surface area (Å²) in [5.74, 6) is -1.64. The number of ether oxygens (including phenoxy) is 1. The molecule has 0 saturated carbocycles. The van der Waals surface area contributed by atoms with E-state index in [1.807, 2.05) is 0 Å². The van der Waals surface area contributed by atoms with E-state index < -0.39 is 23.7 Å². The highest BCUT2D eigenvalue weighted by Gasteiger charge is 2.31. The Labute approximate surface area is 157 Å². The molecule has 0 aliphatic rings. The van der Waals surface area contributed by atoms with Crippen LogP contribution < -0.4 is 0 Å². The maximum Gasteiger partial charge on any atom is 0.354 e. The number of likely N-dealkylation sites (N-methyl/N-ethyl adjacent to an activating group) is 1. The van der Waals surface area contributed by atoms with Gasteiger partial charge < -0.3 is 14.2 Å². The zero-order chi connectivity index (χ0) is 20.5. The van der Waals surface area contributed by atoms with Crippen LogP contribution in [0.2, 0.25) is 0 Å². The Bertz CT molecular complexity index is 900. The quantitative estimate of drug-likeness (QED) is 0.596. The lowest BCUT2D eigenvalue weighted by atomic mass is 9.99. The van der Waals surface area contributed by atoms with Gasteiger partial charge in [0.1, 0.15) is 11.5 Å². The first-order valence-corrected chi connectivity index (χ1v) is 8.42. The van der Waals surface area contributed by atoms with Gasteiger partial charge in [0.2, 0.25) is 0 Å². The highest BCUT2D eigenvalue weighted by atomic mass is 19.1. The molecule has 6 nitrogen and oxygen atoms in total. The van der Waals surface area contributed by atoms with Crippen LogP contribution in [0.15, 0.2) is 24.3 Å². The van der Waals surface area contributed by atoms with Gasteiger partial charge >= 0.3 is 5.97 Å².